The number of hydrogen-bond donors (Lipinski definition) is 1. The first-order chi connectivity index (χ1) is 13.9. The molecule has 4 nitrogen and oxygen atoms in total. The van der Waals surface area contributed by atoms with E-state index in [1.807, 2.05) is 18.2 Å². The molecule has 148 valence electrons. The van der Waals surface area contributed by atoms with Gasteiger partial charge in [0.25, 0.3) is 0 Å². The lowest BCUT2D eigenvalue weighted by Gasteiger charge is -2.14. The zero-order valence-corrected chi connectivity index (χ0v) is 17.4. The van der Waals surface area contributed by atoms with Crippen molar-refractivity contribution < 1.29 is 8.42 Å². The minimum Gasteiger partial charge on any atom is -0.271 e. The Hall–Kier alpha value is -2.89. The van der Waals surface area contributed by atoms with E-state index in [0.717, 1.165) is 22.7 Å². The van der Waals surface area contributed by atoms with Gasteiger partial charge in [-0.05, 0) is 64.4 Å². The van der Waals surface area contributed by atoms with E-state index in [1.165, 1.54) is 41.9 Å². The molecule has 3 aromatic rings. The quantitative estimate of drug-likeness (QED) is 0.691. The summed E-state index contributed by atoms with van der Waals surface area (Å²) in [5.41, 5.74) is 7.79. The molecule has 0 saturated heterocycles. The van der Waals surface area contributed by atoms with Gasteiger partial charge in [-0.2, -0.15) is 12.7 Å². The van der Waals surface area contributed by atoms with Crippen molar-refractivity contribution in [3.05, 3.63) is 101 Å². The largest absolute Gasteiger partial charge is 0.301 e. The Bertz CT molecular complexity index is 1130. The third-order valence-corrected chi connectivity index (χ3v) is 6.66. The van der Waals surface area contributed by atoms with Gasteiger partial charge >= 0.3 is 10.2 Å². The summed E-state index contributed by atoms with van der Waals surface area (Å²) in [5, 5.41) is 0. The van der Waals surface area contributed by atoms with Crippen molar-refractivity contribution in [1.29, 1.82) is 0 Å². The number of nitrogens with one attached hydrogen (secondary N) is 1. The summed E-state index contributed by atoms with van der Waals surface area (Å²) in [5.74, 6) is 0. The maximum Gasteiger partial charge on any atom is 0.301 e. The van der Waals surface area contributed by atoms with E-state index >= 15 is 0 Å². The number of rotatable bonds is 4. The van der Waals surface area contributed by atoms with Crippen molar-refractivity contribution in [3.8, 4) is 0 Å². The number of hydrogen-bond acceptors (Lipinski definition) is 2. The van der Waals surface area contributed by atoms with Crippen LogP contribution in [-0.2, 0) is 23.1 Å². The highest BCUT2D eigenvalue weighted by Gasteiger charge is 2.18. The minimum atomic E-state index is -3.54. The molecule has 0 aliphatic heterocycles. The molecule has 1 N–H and O–H groups in total. The first kappa shape index (κ1) is 19.4. The Kier molecular flexibility index (Phi) is 5.26. The molecule has 0 unspecified atom stereocenters. The van der Waals surface area contributed by atoms with Crippen LogP contribution in [0.1, 0.15) is 27.8 Å². The predicted octanol–water partition coefficient (Wildman–Crippen LogP) is 4.59. The second-order valence-electron chi connectivity index (χ2n) is 7.39. The fourth-order valence-electron chi connectivity index (χ4n) is 3.67. The van der Waals surface area contributed by atoms with Crippen LogP contribution in [0.4, 0.5) is 5.69 Å². The van der Waals surface area contributed by atoms with E-state index in [2.05, 4.69) is 59.3 Å². The van der Waals surface area contributed by atoms with Crippen LogP contribution >= 0.6 is 0 Å². The van der Waals surface area contributed by atoms with Crippen molar-refractivity contribution in [1.82, 2.24) is 4.31 Å². The first-order valence-electron chi connectivity index (χ1n) is 9.62. The van der Waals surface area contributed by atoms with Gasteiger partial charge in [-0.25, -0.2) is 0 Å². The molecular formula is C24H24N2O2S. The molecule has 0 spiro atoms. The summed E-state index contributed by atoms with van der Waals surface area (Å²) in [6.07, 6.45) is 4.16. The zero-order valence-electron chi connectivity index (χ0n) is 16.6. The van der Waals surface area contributed by atoms with Gasteiger partial charge in [0.05, 0.1) is 5.69 Å². The van der Waals surface area contributed by atoms with Crippen molar-refractivity contribution in [2.45, 2.75) is 12.8 Å². The molecule has 0 radical (unpaired) electrons. The van der Waals surface area contributed by atoms with Gasteiger partial charge in [0, 0.05) is 14.1 Å². The smallest absolute Gasteiger partial charge is 0.271 e. The van der Waals surface area contributed by atoms with Gasteiger partial charge in [-0.3, -0.25) is 4.72 Å². The van der Waals surface area contributed by atoms with Gasteiger partial charge in [-0.1, -0.05) is 60.7 Å². The summed E-state index contributed by atoms with van der Waals surface area (Å²) >= 11 is 0. The Balaban J connectivity index is 1.82. The molecular weight excluding hydrogens is 380 g/mol. The first-order valence-corrected chi connectivity index (χ1v) is 11.1. The summed E-state index contributed by atoms with van der Waals surface area (Å²) in [7, 11) is -0.527. The Morgan fingerprint density at radius 1 is 0.828 bits per heavy atom. The van der Waals surface area contributed by atoms with Gasteiger partial charge in [0.1, 0.15) is 0 Å². The standard InChI is InChI=1S/C24H24N2O2S/c1-26(2)29(27,28)25-21-11-7-8-18(16-21)17-24-22-12-5-3-9-19(22)14-15-20-10-4-6-13-23(20)24/h3-13,16-17,25H,14-15H2,1-2H3. The van der Waals surface area contributed by atoms with E-state index in [4.69, 9.17) is 0 Å². The van der Waals surface area contributed by atoms with Crippen LogP contribution in [0.25, 0.3) is 11.6 Å². The van der Waals surface area contributed by atoms with Crippen LogP contribution in [-0.4, -0.2) is 26.8 Å². The number of aryl methyl sites for hydroxylation is 2. The molecule has 29 heavy (non-hydrogen) atoms. The number of fused-ring (bicyclic) bond motifs is 2. The third kappa shape index (κ3) is 4.11. The van der Waals surface area contributed by atoms with E-state index in [9.17, 15) is 8.42 Å². The number of anilines is 1. The Morgan fingerprint density at radius 2 is 1.41 bits per heavy atom. The van der Waals surface area contributed by atoms with Crippen LogP contribution in [0, 0.1) is 0 Å². The highest BCUT2D eigenvalue weighted by Crippen LogP contribution is 2.35. The number of nitrogens with zero attached hydrogens (tertiary/aromatic N) is 1. The summed E-state index contributed by atoms with van der Waals surface area (Å²) in [6, 6.07) is 24.5. The summed E-state index contributed by atoms with van der Waals surface area (Å²) in [6.45, 7) is 0. The van der Waals surface area contributed by atoms with Crippen LogP contribution in [0.3, 0.4) is 0 Å². The van der Waals surface area contributed by atoms with Gasteiger partial charge in [0.2, 0.25) is 0 Å². The van der Waals surface area contributed by atoms with Crippen molar-refractivity contribution in [2.75, 3.05) is 18.8 Å². The fourth-order valence-corrected chi connectivity index (χ4v) is 4.28. The molecule has 0 atom stereocenters. The molecule has 0 bridgehead atoms. The SMILES string of the molecule is CN(C)S(=O)(=O)Nc1cccc(C=C2c3ccccc3CCc3ccccc32)c1. The van der Waals surface area contributed by atoms with Gasteiger partial charge in [0.15, 0.2) is 0 Å². The molecule has 5 heteroatoms. The number of benzene rings is 3. The third-order valence-electron chi connectivity index (χ3n) is 5.20. The molecule has 4 rings (SSSR count). The normalized spacial score (nSPS) is 13.4. The van der Waals surface area contributed by atoms with Crippen molar-refractivity contribution in [2.24, 2.45) is 0 Å². The maximum atomic E-state index is 12.2. The van der Waals surface area contributed by atoms with E-state index < -0.39 is 10.2 Å². The molecule has 0 heterocycles. The zero-order chi connectivity index (χ0) is 20.4. The lowest BCUT2D eigenvalue weighted by molar-refractivity contribution is 0.527. The summed E-state index contributed by atoms with van der Waals surface area (Å²) in [4.78, 5) is 0. The molecule has 0 amide bonds. The average molecular weight is 405 g/mol. The topological polar surface area (TPSA) is 49.4 Å². The fraction of sp³-hybridized carbons (Fsp3) is 0.167. The van der Waals surface area contributed by atoms with Crippen LogP contribution < -0.4 is 4.72 Å². The Labute approximate surface area is 172 Å². The average Bonchev–Trinajstić information content (AvgIpc) is 2.86. The van der Waals surface area contributed by atoms with E-state index in [0.29, 0.717) is 5.69 Å². The monoisotopic (exact) mass is 404 g/mol. The van der Waals surface area contributed by atoms with Crippen LogP contribution in [0.15, 0.2) is 72.8 Å². The van der Waals surface area contributed by atoms with Gasteiger partial charge in [-0.15, -0.1) is 0 Å². The lowest BCUT2D eigenvalue weighted by atomic mass is 9.92. The lowest BCUT2D eigenvalue weighted by Crippen LogP contribution is -2.28. The van der Waals surface area contributed by atoms with Crippen LogP contribution in [0.5, 0.6) is 0 Å². The highest BCUT2D eigenvalue weighted by molar-refractivity contribution is 7.90. The maximum absolute atomic E-state index is 12.2. The molecule has 0 aromatic heterocycles. The second kappa shape index (κ2) is 7.85. The molecule has 0 fully saturated rings. The van der Waals surface area contributed by atoms with Gasteiger partial charge < -0.3 is 0 Å². The molecule has 0 saturated carbocycles. The molecule has 1 aliphatic carbocycles. The van der Waals surface area contributed by atoms with E-state index in [-0.39, 0.29) is 0 Å². The highest BCUT2D eigenvalue weighted by atomic mass is 32.2. The Morgan fingerprint density at radius 3 is 2.00 bits per heavy atom. The molecule has 3 aromatic carbocycles. The van der Waals surface area contributed by atoms with Crippen molar-refractivity contribution >= 4 is 27.5 Å². The summed E-state index contributed by atoms with van der Waals surface area (Å²) < 4.78 is 28.1. The predicted molar refractivity (Wildman–Crippen MR) is 120 cm³/mol. The molecule has 1 aliphatic rings. The second-order valence-corrected chi connectivity index (χ2v) is 9.27. The minimum absolute atomic E-state index is 0.545. The van der Waals surface area contributed by atoms with Crippen molar-refractivity contribution in [3.63, 3.8) is 0 Å². The van der Waals surface area contributed by atoms with E-state index in [1.54, 1.807) is 6.07 Å². The van der Waals surface area contributed by atoms with Crippen LogP contribution in [0.2, 0.25) is 0 Å².